The van der Waals surface area contributed by atoms with Crippen molar-refractivity contribution in [2.45, 2.75) is 51.6 Å². The highest BCUT2D eigenvalue weighted by Crippen LogP contribution is 2.27. The van der Waals surface area contributed by atoms with Gasteiger partial charge in [-0.1, -0.05) is 5.57 Å². The summed E-state index contributed by atoms with van der Waals surface area (Å²) in [6.45, 7) is 3.06. The van der Waals surface area contributed by atoms with Crippen molar-refractivity contribution in [1.82, 2.24) is 4.90 Å². The molecule has 2 N–H and O–H groups in total. The number of carbonyl (C=O) groups excluding carboxylic acids is 2. The molecule has 1 heterocycles. The SMILES string of the molecule is CC(C(=O)Nc1ccc(C(=O)N2CCC(O)CC2)cc1)=C1CCCC1. The number of allylic oxidation sites excluding steroid dienone is 1. The van der Waals surface area contributed by atoms with Gasteiger partial charge in [0, 0.05) is 29.9 Å². The normalized spacial score (nSPS) is 18.3. The van der Waals surface area contributed by atoms with Gasteiger partial charge in [-0.2, -0.15) is 0 Å². The van der Waals surface area contributed by atoms with Crippen LogP contribution >= 0.6 is 0 Å². The van der Waals surface area contributed by atoms with E-state index in [-0.39, 0.29) is 17.9 Å². The average molecular weight is 342 g/mol. The monoisotopic (exact) mass is 342 g/mol. The van der Waals surface area contributed by atoms with Crippen LogP contribution in [-0.2, 0) is 4.79 Å². The van der Waals surface area contributed by atoms with Crippen molar-refractivity contribution in [1.29, 1.82) is 0 Å². The summed E-state index contributed by atoms with van der Waals surface area (Å²) in [5.74, 6) is -0.0741. The molecule has 1 aliphatic carbocycles. The number of hydrogen-bond acceptors (Lipinski definition) is 3. The van der Waals surface area contributed by atoms with E-state index in [0.29, 0.717) is 37.2 Å². The fourth-order valence-electron chi connectivity index (χ4n) is 3.51. The quantitative estimate of drug-likeness (QED) is 0.829. The standard InChI is InChI=1S/C20H26N2O3/c1-14(15-4-2-3-5-15)19(24)21-17-8-6-16(7-9-17)20(25)22-12-10-18(23)11-13-22/h6-9,18,23H,2-5,10-13H2,1H3,(H,21,24). The predicted octanol–water partition coefficient (Wildman–Crippen LogP) is 3.11. The van der Waals surface area contributed by atoms with Gasteiger partial charge in [0.15, 0.2) is 0 Å². The minimum Gasteiger partial charge on any atom is -0.393 e. The second-order valence-corrected chi connectivity index (χ2v) is 6.99. The average Bonchev–Trinajstić information content (AvgIpc) is 3.16. The van der Waals surface area contributed by atoms with Crippen molar-refractivity contribution >= 4 is 17.5 Å². The van der Waals surface area contributed by atoms with Crippen LogP contribution in [0.2, 0.25) is 0 Å². The molecule has 5 nitrogen and oxygen atoms in total. The van der Waals surface area contributed by atoms with E-state index >= 15 is 0 Å². The Kier molecular flexibility index (Phi) is 5.53. The van der Waals surface area contributed by atoms with Crippen molar-refractivity contribution in [3.05, 3.63) is 41.0 Å². The third kappa shape index (κ3) is 4.28. The fourth-order valence-corrected chi connectivity index (χ4v) is 3.51. The minimum atomic E-state index is -0.293. The van der Waals surface area contributed by atoms with E-state index in [2.05, 4.69) is 5.32 Å². The highest BCUT2D eigenvalue weighted by atomic mass is 16.3. The van der Waals surface area contributed by atoms with Crippen molar-refractivity contribution in [2.24, 2.45) is 0 Å². The first kappa shape index (κ1) is 17.7. The summed E-state index contributed by atoms with van der Waals surface area (Å²) in [6, 6.07) is 7.05. The van der Waals surface area contributed by atoms with Gasteiger partial charge in [-0.05, 0) is 69.7 Å². The van der Waals surface area contributed by atoms with Crippen LogP contribution in [0, 0.1) is 0 Å². The van der Waals surface area contributed by atoms with Crippen molar-refractivity contribution in [3.8, 4) is 0 Å². The molecule has 0 radical (unpaired) electrons. The van der Waals surface area contributed by atoms with Gasteiger partial charge in [0.05, 0.1) is 6.10 Å². The molecule has 0 atom stereocenters. The second-order valence-electron chi connectivity index (χ2n) is 6.99. The molecule has 1 saturated heterocycles. The molecule has 2 fully saturated rings. The molecule has 1 aliphatic heterocycles. The number of aliphatic hydroxyl groups is 1. The Hall–Kier alpha value is -2.14. The van der Waals surface area contributed by atoms with Gasteiger partial charge in [0.2, 0.25) is 0 Å². The van der Waals surface area contributed by atoms with Gasteiger partial charge in [0.25, 0.3) is 11.8 Å². The van der Waals surface area contributed by atoms with Crippen LogP contribution in [0.25, 0.3) is 0 Å². The van der Waals surface area contributed by atoms with E-state index in [0.717, 1.165) is 18.4 Å². The highest BCUT2D eigenvalue weighted by molar-refractivity contribution is 6.04. The molecular formula is C20H26N2O3. The summed E-state index contributed by atoms with van der Waals surface area (Å²) in [6.07, 6.45) is 5.36. The smallest absolute Gasteiger partial charge is 0.253 e. The molecular weight excluding hydrogens is 316 g/mol. The van der Waals surface area contributed by atoms with E-state index in [1.807, 2.05) is 6.92 Å². The Morgan fingerprint density at radius 1 is 1.08 bits per heavy atom. The summed E-state index contributed by atoms with van der Waals surface area (Å²) in [5, 5.41) is 12.5. The maximum atomic E-state index is 12.5. The molecule has 0 aromatic heterocycles. The first-order chi connectivity index (χ1) is 12.0. The van der Waals surface area contributed by atoms with Gasteiger partial charge in [-0.3, -0.25) is 9.59 Å². The van der Waals surface area contributed by atoms with Crippen molar-refractivity contribution in [2.75, 3.05) is 18.4 Å². The third-order valence-electron chi connectivity index (χ3n) is 5.22. The van der Waals surface area contributed by atoms with Crippen LogP contribution in [-0.4, -0.2) is 41.0 Å². The zero-order valence-electron chi connectivity index (χ0n) is 14.8. The summed E-state index contributed by atoms with van der Waals surface area (Å²) < 4.78 is 0. The number of hydrogen-bond donors (Lipinski definition) is 2. The summed E-state index contributed by atoms with van der Waals surface area (Å²) >= 11 is 0. The van der Waals surface area contributed by atoms with Crippen LogP contribution in [0.15, 0.2) is 35.4 Å². The van der Waals surface area contributed by atoms with Crippen LogP contribution in [0.4, 0.5) is 5.69 Å². The lowest BCUT2D eigenvalue weighted by Gasteiger charge is -2.29. The molecule has 0 spiro atoms. The number of nitrogens with zero attached hydrogens (tertiary/aromatic N) is 1. The molecule has 0 unspecified atom stereocenters. The number of aliphatic hydroxyl groups excluding tert-OH is 1. The third-order valence-corrected chi connectivity index (χ3v) is 5.22. The number of likely N-dealkylation sites (tertiary alicyclic amines) is 1. The number of carbonyl (C=O) groups is 2. The molecule has 1 aromatic carbocycles. The molecule has 1 aromatic rings. The van der Waals surface area contributed by atoms with E-state index in [9.17, 15) is 14.7 Å². The van der Waals surface area contributed by atoms with Gasteiger partial charge in [0.1, 0.15) is 0 Å². The number of benzene rings is 1. The maximum absolute atomic E-state index is 12.5. The van der Waals surface area contributed by atoms with E-state index in [4.69, 9.17) is 0 Å². The molecule has 25 heavy (non-hydrogen) atoms. The molecule has 5 heteroatoms. The summed E-state index contributed by atoms with van der Waals surface area (Å²) in [7, 11) is 0. The number of nitrogens with one attached hydrogen (secondary N) is 1. The molecule has 1 saturated carbocycles. The first-order valence-electron chi connectivity index (χ1n) is 9.12. The molecule has 134 valence electrons. The molecule has 0 bridgehead atoms. The predicted molar refractivity (Wildman–Crippen MR) is 97.4 cm³/mol. The Balaban J connectivity index is 1.61. The topological polar surface area (TPSA) is 69.6 Å². The minimum absolute atomic E-state index is 0.0194. The van der Waals surface area contributed by atoms with Crippen LogP contribution in [0.3, 0.4) is 0 Å². The number of anilines is 1. The van der Waals surface area contributed by atoms with E-state index in [1.165, 1.54) is 18.4 Å². The van der Waals surface area contributed by atoms with Gasteiger partial charge in [-0.15, -0.1) is 0 Å². The summed E-state index contributed by atoms with van der Waals surface area (Å²) in [5.41, 5.74) is 3.40. The lowest BCUT2D eigenvalue weighted by molar-refractivity contribution is -0.112. The van der Waals surface area contributed by atoms with Gasteiger partial charge < -0.3 is 15.3 Å². The lowest BCUT2D eigenvalue weighted by Crippen LogP contribution is -2.40. The zero-order valence-corrected chi connectivity index (χ0v) is 14.8. The van der Waals surface area contributed by atoms with Crippen molar-refractivity contribution in [3.63, 3.8) is 0 Å². The van der Waals surface area contributed by atoms with E-state index in [1.54, 1.807) is 29.2 Å². The Morgan fingerprint density at radius 3 is 2.28 bits per heavy atom. The fraction of sp³-hybridized carbons (Fsp3) is 0.500. The van der Waals surface area contributed by atoms with Gasteiger partial charge >= 0.3 is 0 Å². The molecule has 2 amide bonds. The van der Waals surface area contributed by atoms with Crippen LogP contribution in [0.5, 0.6) is 0 Å². The number of piperidine rings is 1. The number of rotatable bonds is 3. The highest BCUT2D eigenvalue weighted by Gasteiger charge is 2.22. The largest absolute Gasteiger partial charge is 0.393 e. The molecule has 3 rings (SSSR count). The Morgan fingerprint density at radius 2 is 1.68 bits per heavy atom. The van der Waals surface area contributed by atoms with E-state index < -0.39 is 0 Å². The van der Waals surface area contributed by atoms with Crippen molar-refractivity contribution < 1.29 is 14.7 Å². The summed E-state index contributed by atoms with van der Waals surface area (Å²) in [4.78, 5) is 26.6. The Labute approximate surface area is 148 Å². The van der Waals surface area contributed by atoms with Crippen LogP contribution in [0.1, 0.15) is 55.8 Å². The Bertz CT molecular complexity index is 663. The maximum Gasteiger partial charge on any atom is 0.253 e. The first-order valence-corrected chi connectivity index (χ1v) is 9.12. The second kappa shape index (κ2) is 7.83. The molecule has 2 aliphatic rings. The lowest BCUT2D eigenvalue weighted by atomic mass is 10.1. The zero-order chi connectivity index (χ0) is 17.8. The van der Waals surface area contributed by atoms with Gasteiger partial charge in [-0.25, -0.2) is 0 Å². The van der Waals surface area contributed by atoms with Crippen LogP contribution < -0.4 is 5.32 Å². The number of amides is 2.